The number of carbonyl (C=O) groups excluding carboxylic acids is 1. The first-order valence-electron chi connectivity index (χ1n) is 11.1. The molecule has 0 saturated heterocycles. The van der Waals surface area contributed by atoms with E-state index in [-0.39, 0.29) is 5.91 Å². The van der Waals surface area contributed by atoms with Crippen LogP contribution in [0.5, 0.6) is 5.75 Å². The monoisotopic (exact) mass is 451 g/mol. The molecule has 0 fully saturated rings. The molecular formula is C24H29N5O2S. The molecule has 1 aromatic carbocycles. The van der Waals surface area contributed by atoms with Gasteiger partial charge in [-0.05, 0) is 57.3 Å². The molecule has 0 radical (unpaired) electrons. The Hall–Kier alpha value is -2.97. The van der Waals surface area contributed by atoms with Crippen molar-refractivity contribution in [2.75, 3.05) is 37.7 Å². The number of pyridine rings is 1. The Labute approximate surface area is 192 Å². The Bertz CT molecular complexity index is 1230. The number of hydrogen-bond donors (Lipinski definition) is 0. The van der Waals surface area contributed by atoms with Gasteiger partial charge in [-0.3, -0.25) is 14.1 Å². The van der Waals surface area contributed by atoms with Gasteiger partial charge in [-0.15, -0.1) is 0 Å². The number of aromatic nitrogens is 3. The molecule has 0 aliphatic carbocycles. The third kappa shape index (κ3) is 4.33. The first-order valence-corrected chi connectivity index (χ1v) is 11.9. The summed E-state index contributed by atoms with van der Waals surface area (Å²) in [6.45, 7) is 11.9. The SMILES string of the molecule is CCOc1ccc2nc(N(CCN(CC)CC)C(=O)c3c(C)nc4ccccn34)sc2c1. The molecule has 7 nitrogen and oxygen atoms in total. The highest BCUT2D eigenvalue weighted by Crippen LogP contribution is 2.32. The maximum atomic E-state index is 13.9. The van der Waals surface area contributed by atoms with Crippen LogP contribution in [0.25, 0.3) is 15.9 Å². The summed E-state index contributed by atoms with van der Waals surface area (Å²) in [7, 11) is 0. The number of fused-ring (bicyclic) bond motifs is 2. The van der Waals surface area contributed by atoms with Crippen molar-refractivity contribution in [2.24, 2.45) is 0 Å². The fourth-order valence-electron chi connectivity index (χ4n) is 3.83. The lowest BCUT2D eigenvalue weighted by Gasteiger charge is -2.24. The van der Waals surface area contributed by atoms with E-state index in [1.54, 1.807) is 4.90 Å². The summed E-state index contributed by atoms with van der Waals surface area (Å²) in [6.07, 6.45) is 1.89. The molecule has 0 spiro atoms. The lowest BCUT2D eigenvalue weighted by atomic mass is 10.3. The zero-order chi connectivity index (χ0) is 22.7. The quantitative estimate of drug-likeness (QED) is 0.371. The third-order valence-electron chi connectivity index (χ3n) is 5.58. The van der Waals surface area contributed by atoms with Crippen LogP contribution >= 0.6 is 11.3 Å². The first-order chi connectivity index (χ1) is 15.5. The second-order valence-corrected chi connectivity index (χ2v) is 8.53. The largest absolute Gasteiger partial charge is 0.494 e. The fraction of sp³-hybridized carbons (Fsp3) is 0.375. The van der Waals surface area contributed by atoms with E-state index in [1.165, 1.54) is 11.3 Å². The molecule has 0 saturated carbocycles. The van der Waals surface area contributed by atoms with Crippen LogP contribution in [0.2, 0.25) is 0 Å². The van der Waals surface area contributed by atoms with Gasteiger partial charge < -0.3 is 9.64 Å². The highest BCUT2D eigenvalue weighted by Gasteiger charge is 2.26. The molecule has 0 N–H and O–H groups in total. The maximum absolute atomic E-state index is 13.9. The van der Waals surface area contributed by atoms with Gasteiger partial charge in [-0.1, -0.05) is 31.3 Å². The predicted molar refractivity (Wildman–Crippen MR) is 130 cm³/mol. The second-order valence-electron chi connectivity index (χ2n) is 7.52. The van der Waals surface area contributed by atoms with E-state index in [0.717, 1.165) is 41.2 Å². The summed E-state index contributed by atoms with van der Waals surface area (Å²) in [5.74, 6) is 0.728. The Morgan fingerprint density at radius 1 is 1.09 bits per heavy atom. The molecule has 4 rings (SSSR count). The minimum atomic E-state index is -0.0857. The third-order valence-corrected chi connectivity index (χ3v) is 6.62. The van der Waals surface area contributed by atoms with Crippen molar-refractivity contribution < 1.29 is 9.53 Å². The highest BCUT2D eigenvalue weighted by molar-refractivity contribution is 7.22. The van der Waals surface area contributed by atoms with Gasteiger partial charge in [0.15, 0.2) is 5.13 Å². The number of carbonyl (C=O) groups is 1. The molecule has 32 heavy (non-hydrogen) atoms. The van der Waals surface area contributed by atoms with Gasteiger partial charge in [0, 0.05) is 19.3 Å². The molecule has 168 valence electrons. The van der Waals surface area contributed by atoms with Gasteiger partial charge >= 0.3 is 0 Å². The summed E-state index contributed by atoms with van der Waals surface area (Å²) >= 11 is 1.51. The Kier molecular flexibility index (Phi) is 6.72. The van der Waals surface area contributed by atoms with E-state index >= 15 is 0 Å². The molecule has 3 heterocycles. The average molecular weight is 452 g/mol. The molecule has 3 aromatic heterocycles. The molecule has 8 heteroatoms. The van der Waals surface area contributed by atoms with E-state index < -0.39 is 0 Å². The van der Waals surface area contributed by atoms with E-state index in [2.05, 4.69) is 23.7 Å². The number of nitrogens with zero attached hydrogens (tertiary/aromatic N) is 5. The van der Waals surface area contributed by atoms with Gasteiger partial charge in [-0.2, -0.15) is 0 Å². The van der Waals surface area contributed by atoms with Gasteiger partial charge in [0.25, 0.3) is 5.91 Å². The van der Waals surface area contributed by atoms with Crippen LogP contribution in [-0.2, 0) is 0 Å². The van der Waals surface area contributed by atoms with E-state index in [0.29, 0.717) is 29.7 Å². The second kappa shape index (κ2) is 9.67. The minimum absolute atomic E-state index is 0.0857. The number of benzene rings is 1. The normalized spacial score (nSPS) is 11.5. The van der Waals surface area contributed by atoms with E-state index in [1.807, 2.05) is 60.8 Å². The Morgan fingerprint density at radius 2 is 1.91 bits per heavy atom. The molecule has 0 aliphatic heterocycles. The standard InChI is InChI=1S/C24H29N5O2S/c1-5-27(6-2)14-15-29(23(30)22-17(4)25-21-10-8-9-13-28(21)22)24-26-19-12-11-18(31-7-3)16-20(19)32-24/h8-13,16H,5-7,14-15H2,1-4H3. The zero-order valence-corrected chi connectivity index (χ0v) is 19.9. The molecule has 0 atom stereocenters. The van der Waals surface area contributed by atoms with Crippen molar-refractivity contribution in [3.8, 4) is 5.75 Å². The van der Waals surface area contributed by atoms with Crippen LogP contribution in [0.4, 0.5) is 5.13 Å². The van der Waals surface area contributed by atoms with Crippen LogP contribution in [0.1, 0.15) is 37.0 Å². The average Bonchev–Trinajstić information content (AvgIpc) is 3.36. The number of thiazole rings is 1. The van der Waals surface area contributed by atoms with Crippen molar-refractivity contribution in [2.45, 2.75) is 27.7 Å². The van der Waals surface area contributed by atoms with E-state index in [4.69, 9.17) is 9.72 Å². The molecule has 0 unspecified atom stereocenters. The summed E-state index contributed by atoms with van der Waals surface area (Å²) in [5.41, 5.74) is 2.93. The van der Waals surface area contributed by atoms with Crippen LogP contribution in [0, 0.1) is 6.92 Å². The zero-order valence-electron chi connectivity index (χ0n) is 19.0. The van der Waals surface area contributed by atoms with Crippen molar-refractivity contribution in [1.82, 2.24) is 19.3 Å². The highest BCUT2D eigenvalue weighted by atomic mass is 32.1. The van der Waals surface area contributed by atoms with Gasteiger partial charge in [-0.25, -0.2) is 9.97 Å². The minimum Gasteiger partial charge on any atom is -0.494 e. The van der Waals surface area contributed by atoms with Crippen LogP contribution < -0.4 is 9.64 Å². The number of likely N-dealkylation sites (N-methyl/N-ethyl adjacent to an activating group) is 1. The summed E-state index contributed by atoms with van der Waals surface area (Å²) in [5, 5.41) is 0.691. The van der Waals surface area contributed by atoms with E-state index in [9.17, 15) is 4.79 Å². The van der Waals surface area contributed by atoms with Crippen molar-refractivity contribution in [3.05, 3.63) is 54.0 Å². The maximum Gasteiger partial charge on any atom is 0.279 e. The molecule has 1 amide bonds. The number of imidazole rings is 1. The molecule has 0 bridgehead atoms. The predicted octanol–water partition coefficient (Wildman–Crippen LogP) is 4.64. The van der Waals surface area contributed by atoms with Crippen LogP contribution in [-0.4, -0.2) is 58.0 Å². The Morgan fingerprint density at radius 3 is 2.66 bits per heavy atom. The molecule has 4 aromatic rings. The van der Waals surface area contributed by atoms with Gasteiger partial charge in [0.1, 0.15) is 17.1 Å². The summed E-state index contributed by atoms with van der Waals surface area (Å²) < 4.78 is 8.51. The van der Waals surface area contributed by atoms with Crippen molar-refractivity contribution in [3.63, 3.8) is 0 Å². The molecule has 0 aliphatic rings. The van der Waals surface area contributed by atoms with Crippen LogP contribution in [0.3, 0.4) is 0 Å². The number of anilines is 1. The topological polar surface area (TPSA) is 63.0 Å². The lowest BCUT2D eigenvalue weighted by molar-refractivity contribution is 0.0977. The van der Waals surface area contributed by atoms with Crippen molar-refractivity contribution >= 4 is 38.2 Å². The first kappa shape index (κ1) is 22.2. The fourth-order valence-corrected chi connectivity index (χ4v) is 4.85. The number of ether oxygens (including phenoxy) is 1. The summed E-state index contributed by atoms with van der Waals surface area (Å²) in [6, 6.07) is 11.6. The lowest BCUT2D eigenvalue weighted by Crippen LogP contribution is -2.39. The van der Waals surface area contributed by atoms with Crippen molar-refractivity contribution in [1.29, 1.82) is 0 Å². The number of aryl methyl sites for hydroxylation is 1. The van der Waals surface area contributed by atoms with Crippen LogP contribution in [0.15, 0.2) is 42.6 Å². The number of hydrogen-bond acceptors (Lipinski definition) is 6. The molecular weight excluding hydrogens is 422 g/mol. The van der Waals surface area contributed by atoms with Gasteiger partial charge in [0.2, 0.25) is 0 Å². The number of rotatable bonds is 9. The van der Waals surface area contributed by atoms with Gasteiger partial charge in [0.05, 0.1) is 22.5 Å². The Balaban J connectivity index is 1.75. The number of amides is 1. The smallest absolute Gasteiger partial charge is 0.279 e. The summed E-state index contributed by atoms with van der Waals surface area (Å²) in [4.78, 5) is 27.4.